The first-order chi connectivity index (χ1) is 10.1. The highest BCUT2D eigenvalue weighted by Crippen LogP contribution is 2.41. The molecule has 0 radical (unpaired) electrons. The van der Waals surface area contributed by atoms with Gasteiger partial charge >= 0.3 is 5.97 Å². The van der Waals surface area contributed by atoms with E-state index < -0.39 is 11.4 Å². The quantitative estimate of drug-likeness (QED) is 0.784. The minimum absolute atomic E-state index is 0.0645. The van der Waals surface area contributed by atoms with Crippen LogP contribution < -0.4 is 0 Å². The molecule has 0 fully saturated rings. The number of hydrogen-bond acceptors (Lipinski definition) is 2. The highest BCUT2D eigenvalue weighted by atomic mass is 16.4. The number of aliphatic carboxylic acids is 1. The molecule has 0 aromatic heterocycles. The highest BCUT2D eigenvalue weighted by Gasteiger charge is 2.36. The topological polar surface area (TPSA) is 54.4 Å². The third-order valence-electron chi connectivity index (χ3n) is 4.61. The van der Waals surface area contributed by atoms with Crippen LogP contribution in [0.2, 0.25) is 0 Å². The number of carbonyl (C=O) groups is 2. The summed E-state index contributed by atoms with van der Waals surface area (Å²) in [5, 5.41) is 9.50. The minimum atomic E-state index is -0.977. The van der Waals surface area contributed by atoms with E-state index in [1.165, 1.54) is 0 Å². The lowest BCUT2D eigenvalue weighted by atomic mass is 9.70. The van der Waals surface area contributed by atoms with E-state index in [0.29, 0.717) is 0 Å². The fraction of sp³-hybridized carbons (Fsp3) is 0.600. The molecule has 128 valence electrons. The fourth-order valence-corrected chi connectivity index (χ4v) is 2.48. The van der Waals surface area contributed by atoms with Gasteiger partial charge in [0.15, 0.2) is 5.78 Å². The maximum Gasteiger partial charge on any atom is 0.313 e. The molecule has 0 amide bonds. The Morgan fingerprint density at radius 3 is 1.48 bits per heavy atom. The van der Waals surface area contributed by atoms with Crippen molar-refractivity contribution in [3.8, 4) is 0 Å². The zero-order valence-electron chi connectivity index (χ0n) is 15.9. The van der Waals surface area contributed by atoms with E-state index in [9.17, 15) is 14.7 Å². The van der Waals surface area contributed by atoms with Gasteiger partial charge in [-0.1, -0.05) is 41.5 Å². The maximum atomic E-state index is 12.9. The van der Waals surface area contributed by atoms with Crippen molar-refractivity contribution in [1.29, 1.82) is 0 Å². The summed E-state index contributed by atoms with van der Waals surface area (Å²) < 4.78 is 0. The van der Waals surface area contributed by atoms with E-state index in [1.807, 2.05) is 60.6 Å². The Morgan fingerprint density at radius 1 is 0.870 bits per heavy atom. The van der Waals surface area contributed by atoms with E-state index in [4.69, 9.17) is 0 Å². The molecular weight excluding hydrogens is 288 g/mol. The first-order valence-electron chi connectivity index (χ1n) is 8.04. The van der Waals surface area contributed by atoms with Crippen molar-refractivity contribution in [2.75, 3.05) is 0 Å². The number of ketones is 1. The van der Waals surface area contributed by atoms with Crippen LogP contribution in [0, 0.1) is 16.2 Å². The number of hydrogen-bond donors (Lipinski definition) is 1. The van der Waals surface area contributed by atoms with Crippen LogP contribution in [0.5, 0.6) is 0 Å². The van der Waals surface area contributed by atoms with Gasteiger partial charge in [-0.3, -0.25) is 9.59 Å². The van der Waals surface area contributed by atoms with Gasteiger partial charge in [-0.2, -0.15) is 0 Å². The van der Waals surface area contributed by atoms with Gasteiger partial charge in [0, 0.05) is 11.1 Å². The summed E-state index contributed by atoms with van der Waals surface area (Å²) in [6.45, 7) is 17.3. The second-order valence-electron chi connectivity index (χ2n) is 8.96. The molecule has 1 rings (SSSR count). The standard InChI is InChI=1S/C20H30O3/c1-12(20(8,9)17(22)23)13-10-14(18(2,3)4)16(21)15(11-13)19(5,6)7/h10-11H,1-9H3,(H,22,23). The monoisotopic (exact) mass is 318 g/mol. The van der Waals surface area contributed by atoms with E-state index >= 15 is 0 Å². The molecule has 1 aliphatic carbocycles. The van der Waals surface area contributed by atoms with Crippen molar-refractivity contribution in [2.45, 2.75) is 62.3 Å². The van der Waals surface area contributed by atoms with Crippen molar-refractivity contribution in [1.82, 2.24) is 0 Å². The summed E-state index contributed by atoms with van der Waals surface area (Å²) in [6, 6.07) is 0. The Balaban J connectivity index is 3.70. The van der Waals surface area contributed by atoms with Crippen LogP contribution in [-0.4, -0.2) is 16.9 Å². The van der Waals surface area contributed by atoms with Crippen LogP contribution in [0.1, 0.15) is 62.3 Å². The number of Topliss-reactive ketones (excluding diaryl/α,β-unsaturated/α-hetero) is 1. The summed E-state index contributed by atoms with van der Waals surface area (Å²) in [7, 11) is 0. The van der Waals surface area contributed by atoms with Gasteiger partial charge in [0.25, 0.3) is 0 Å². The number of rotatable bonds is 2. The summed E-state index contributed by atoms with van der Waals surface area (Å²) >= 11 is 0. The van der Waals surface area contributed by atoms with Crippen LogP contribution >= 0.6 is 0 Å². The third-order valence-corrected chi connectivity index (χ3v) is 4.61. The average molecular weight is 318 g/mol. The number of carboxylic acid groups (broad SMARTS) is 1. The van der Waals surface area contributed by atoms with Crippen molar-refractivity contribution in [2.24, 2.45) is 16.2 Å². The molecule has 3 heteroatoms. The van der Waals surface area contributed by atoms with Crippen LogP contribution in [-0.2, 0) is 9.59 Å². The molecule has 0 aliphatic heterocycles. The van der Waals surface area contributed by atoms with Crippen molar-refractivity contribution in [3.05, 3.63) is 34.4 Å². The molecule has 0 atom stereocenters. The van der Waals surface area contributed by atoms with E-state index in [0.717, 1.165) is 22.3 Å². The largest absolute Gasteiger partial charge is 0.481 e. The van der Waals surface area contributed by atoms with Crippen LogP contribution in [0.15, 0.2) is 34.4 Å². The smallest absolute Gasteiger partial charge is 0.313 e. The number of carbonyl (C=O) groups excluding carboxylic acids is 1. The summed E-state index contributed by atoms with van der Waals surface area (Å²) in [6.07, 6.45) is 3.75. The Labute approximate surface area is 140 Å². The van der Waals surface area contributed by atoms with Gasteiger partial charge in [-0.25, -0.2) is 0 Å². The predicted molar refractivity (Wildman–Crippen MR) is 94.2 cm³/mol. The Kier molecular flexibility index (Phi) is 4.87. The molecule has 23 heavy (non-hydrogen) atoms. The lowest BCUT2D eigenvalue weighted by Crippen LogP contribution is -2.30. The van der Waals surface area contributed by atoms with Gasteiger partial charge in [-0.05, 0) is 54.9 Å². The van der Waals surface area contributed by atoms with Gasteiger partial charge in [0.05, 0.1) is 5.41 Å². The van der Waals surface area contributed by atoms with E-state index in [1.54, 1.807) is 13.8 Å². The van der Waals surface area contributed by atoms with Gasteiger partial charge < -0.3 is 5.11 Å². The van der Waals surface area contributed by atoms with Gasteiger partial charge in [0.1, 0.15) is 0 Å². The van der Waals surface area contributed by atoms with Gasteiger partial charge in [0.2, 0.25) is 0 Å². The molecule has 0 unspecified atom stereocenters. The van der Waals surface area contributed by atoms with Crippen molar-refractivity contribution in [3.63, 3.8) is 0 Å². The Morgan fingerprint density at radius 2 is 1.22 bits per heavy atom. The second kappa shape index (κ2) is 5.77. The zero-order valence-corrected chi connectivity index (χ0v) is 15.9. The number of allylic oxidation sites excluding steroid dienone is 5. The predicted octanol–water partition coefficient (Wildman–Crippen LogP) is 4.94. The maximum absolute atomic E-state index is 12.9. The highest BCUT2D eigenvalue weighted by molar-refractivity contribution is 6.11. The van der Waals surface area contributed by atoms with Crippen LogP contribution in [0.4, 0.5) is 0 Å². The van der Waals surface area contributed by atoms with Crippen LogP contribution in [0.25, 0.3) is 0 Å². The van der Waals surface area contributed by atoms with Crippen LogP contribution in [0.3, 0.4) is 0 Å². The SMILES string of the molecule is CC(=C1C=C(C(C)(C)C)C(=O)C(C(C)(C)C)=C1)C(C)(C)C(=O)O. The molecule has 0 bridgehead atoms. The lowest BCUT2D eigenvalue weighted by Gasteiger charge is -2.33. The normalized spacial score (nSPS) is 16.9. The van der Waals surface area contributed by atoms with Gasteiger partial charge in [-0.15, -0.1) is 0 Å². The fourth-order valence-electron chi connectivity index (χ4n) is 2.48. The third kappa shape index (κ3) is 3.82. The molecule has 0 aromatic rings. The Hall–Kier alpha value is -1.64. The van der Waals surface area contributed by atoms with E-state index in [2.05, 4.69) is 0 Å². The average Bonchev–Trinajstić information content (AvgIpc) is 2.35. The molecule has 0 heterocycles. The molecule has 0 saturated heterocycles. The first-order valence-corrected chi connectivity index (χ1v) is 8.04. The Bertz CT molecular complexity index is 591. The van der Waals surface area contributed by atoms with E-state index in [-0.39, 0.29) is 16.6 Å². The number of carboxylic acids is 1. The molecule has 0 aromatic carbocycles. The molecule has 1 aliphatic rings. The summed E-state index contributed by atoms with van der Waals surface area (Å²) in [5.74, 6) is -0.800. The zero-order chi connectivity index (χ0) is 18.4. The second-order valence-corrected chi connectivity index (χ2v) is 8.96. The lowest BCUT2D eigenvalue weighted by molar-refractivity contribution is -0.144. The van der Waals surface area contributed by atoms with Crippen molar-refractivity contribution < 1.29 is 14.7 Å². The summed E-state index contributed by atoms with van der Waals surface area (Å²) in [5.41, 5.74) is 1.52. The molecule has 1 N–H and O–H groups in total. The molecule has 3 nitrogen and oxygen atoms in total. The molecule has 0 spiro atoms. The summed E-state index contributed by atoms with van der Waals surface area (Å²) in [4.78, 5) is 24.5. The molecule has 0 saturated carbocycles. The first kappa shape index (κ1) is 19.4. The minimum Gasteiger partial charge on any atom is -0.481 e. The van der Waals surface area contributed by atoms with Crippen molar-refractivity contribution >= 4 is 11.8 Å². The molecular formula is C20H30O3.